The first-order valence-electron chi connectivity index (χ1n) is 4.72. The molecule has 16 heavy (non-hydrogen) atoms. The summed E-state index contributed by atoms with van der Waals surface area (Å²) in [4.78, 5) is 10.7. The Morgan fingerprint density at radius 2 is 2.06 bits per heavy atom. The predicted octanol–water partition coefficient (Wildman–Crippen LogP) is 1.05. The summed E-state index contributed by atoms with van der Waals surface area (Å²) >= 11 is 0. The third-order valence-electron chi connectivity index (χ3n) is 2.79. The Balaban J connectivity index is 2.48. The second kappa shape index (κ2) is 3.57. The second-order valence-corrected chi connectivity index (χ2v) is 5.19. The van der Waals surface area contributed by atoms with E-state index in [1.165, 1.54) is 18.2 Å². The highest BCUT2D eigenvalue weighted by molar-refractivity contribution is 7.85. The van der Waals surface area contributed by atoms with Gasteiger partial charge in [0.2, 0.25) is 0 Å². The van der Waals surface area contributed by atoms with Gasteiger partial charge >= 0.3 is 5.97 Å². The van der Waals surface area contributed by atoms with Gasteiger partial charge in [0, 0.05) is 0 Å². The van der Waals surface area contributed by atoms with Gasteiger partial charge in [0.05, 0.1) is 10.8 Å². The molecule has 6 heteroatoms. The molecule has 5 nitrogen and oxygen atoms in total. The van der Waals surface area contributed by atoms with E-state index in [0.717, 1.165) is 0 Å². The lowest BCUT2D eigenvalue weighted by molar-refractivity contribution is -0.138. The zero-order valence-electron chi connectivity index (χ0n) is 8.25. The molecule has 1 aliphatic rings. The average Bonchev–Trinajstić information content (AvgIpc) is 2.58. The Morgan fingerprint density at radius 1 is 1.38 bits per heavy atom. The van der Waals surface area contributed by atoms with E-state index in [2.05, 4.69) is 0 Å². The van der Waals surface area contributed by atoms with Crippen molar-refractivity contribution in [3.05, 3.63) is 29.3 Å². The summed E-state index contributed by atoms with van der Waals surface area (Å²) in [6, 6.07) is 4.03. The highest BCUT2D eigenvalue weighted by atomic mass is 32.2. The number of benzene rings is 1. The van der Waals surface area contributed by atoms with Gasteiger partial charge < -0.3 is 5.11 Å². The van der Waals surface area contributed by atoms with Gasteiger partial charge in [0.1, 0.15) is 0 Å². The molecule has 1 aromatic rings. The van der Waals surface area contributed by atoms with Crippen LogP contribution in [0.25, 0.3) is 0 Å². The predicted molar refractivity (Wildman–Crippen MR) is 55.0 cm³/mol. The van der Waals surface area contributed by atoms with E-state index in [4.69, 9.17) is 9.66 Å². The zero-order valence-corrected chi connectivity index (χ0v) is 9.07. The van der Waals surface area contributed by atoms with E-state index in [9.17, 15) is 13.2 Å². The van der Waals surface area contributed by atoms with Crippen LogP contribution in [0.3, 0.4) is 0 Å². The number of aliphatic carboxylic acids is 1. The van der Waals surface area contributed by atoms with Gasteiger partial charge in [-0.3, -0.25) is 9.35 Å². The van der Waals surface area contributed by atoms with Crippen molar-refractivity contribution in [3.8, 4) is 0 Å². The summed E-state index contributed by atoms with van der Waals surface area (Å²) in [6.07, 6.45) is 0.995. The van der Waals surface area contributed by atoms with Gasteiger partial charge in [-0.1, -0.05) is 6.07 Å². The molecular formula is C10H10O5S. The summed E-state index contributed by atoms with van der Waals surface area (Å²) in [6.45, 7) is 0. The molecule has 0 saturated carbocycles. The van der Waals surface area contributed by atoms with Crippen LogP contribution in [-0.2, 0) is 21.3 Å². The maximum Gasteiger partial charge on any atom is 0.310 e. The number of aryl methyl sites for hydroxylation is 1. The average molecular weight is 242 g/mol. The van der Waals surface area contributed by atoms with Crippen LogP contribution in [-0.4, -0.2) is 24.0 Å². The first kappa shape index (κ1) is 11.1. The molecule has 86 valence electrons. The molecule has 2 N–H and O–H groups in total. The first-order valence-corrected chi connectivity index (χ1v) is 6.17. The number of rotatable bonds is 2. The van der Waals surface area contributed by atoms with Crippen molar-refractivity contribution in [2.45, 2.75) is 23.7 Å². The number of carboxylic acid groups (broad SMARTS) is 1. The van der Waals surface area contributed by atoms with Gasteiger partial charge in [-0.25, -0.2) is 0 Å². The minimum atomic E-state index is -4.21. The summed E-state index contributed by atoms with van der Waals surface area (Å²) in [5.74, 6) is -1.47. The molecule has 0 amide bonds. The zero-order chi connectivity index (χ0) is 11.9. The lowest BCUT2D eigenvalue weighted by atomic mass is 10.0. The first-order chi connectivity index (χ1) is 7.39. The van der Waals surface area contributed by atoms with E-state index in [-0.39, 0.29) is 4.90 Å². The Morgan fingerprint density at radius 3 is 2.62 bits per heavy atom. The number of hydrogen-bond acceptors (Lipinski definition) is 3. The quantitative estimate of drug-likeness (QED) is 0.756. The summed E-state index contributed by atoms with van der Waals surface area (Å²) in [5.41, 5.74) is 1.32. The summed E-state index contributed by atoms with van der Waals surface area (Å²) < 4.78 is 30.6. The van der Waals surface area contributed by atoms with Crippen LogP contribution in [0.15, 0.2) is 23.1 Å². The molecule has 0 saturated heterocycles. The minimum absolute atomic E-state index is 0.183. The standard InChI is InChI=1S/C10H10O5S/c11-10(12)9-3-1-6-5-7(16(13,14)15)2-4-8(6)9/h2,4-5,9H,1,3H2,(H,11,12)(H,13,14,15). The Labute approximate surface area is 92.5 Å². The molecule has 0 aromatic heterocycles. The van der Waals surface area contributed by atoms with E-state index in [1.807, 2.05) is 0 Å². The van der Waals surface area contributed by atoms with Crippen molar-refractivity contribution in [2.24, 2.45) is 0 Å². The van der Waals surface area contributed by atoms with Crippen LogP contribution in [0.1, 0.15) is 23.5 Å². The molecule has 0 bridgehead atoms. The van der Waals surface area contributed by atoms with Crippen LogP contribution < -0.4 is 0 Å². The maximum atomic E-state index is 10.9. The number of fused-ring (bicyclic) bond motifs is 1. The van der Waals surface area contributed by atoms with Crippen molar-refractivity contribution >= 4 is 16.1 Å². The monoisotopic (exact) mass is 242 g/mol. The molecule has 1 aliphatic carbocycles. The Bertz CT molecular complexity index is 546. The molecule has 1 aromatic carbocycles. The molecule has 1 unspecified atom stereocenters. The summed E-state index contributed by atoms with van der Waals surface area (Å²) in [7, 11) is -4.21. The normalized spacial score (nSPS) is 19.4. The second-order valence-electron chi connectivity index (χ2n) is 3.77. The molecule has 1 atom stereocenters. The van der Waals surface area contributed by atoms with Crippen molar-refractivity contribution in [1.29, 1.82) is 0 Å². The van der Waals surface area contributed by atoms with Crippen molar-refractivity contribution in [3.63, 3.8) is 0 Å². The highest BCUT2D eigenvalue weighted by Gasteiger charge is 2.29. The van der Waals surface area contributed by atoms with Crippen LogP contribution in [0.5, 0.6) is 0 Å². The van der Waals surface area contributed by atoms with Gasteiger partial charge in [0.25, 0.3) is 10.1 Å². The SMILES string of the molecule is O=C(O)C1CCc2cc(S(=O)(=O)O)ccc21. The van der Waals surface area contributed by atoms with Crippen molar-refractivity contribution in [2.75, 3.05) is 0 Å². The fourth-order valence-electron chi connectivity index (χ4n) is 2.01. The fraction of sp³-hybridized carbons (Fsp3) is 0.300. The lowest BCUT2D eigenvalue weighted by Crippen LogP contribution is -2.08. The minimum Gasteiger partial charge on any atom is -0.481 e. The fourth-order valence-corrected chi connectivity index (χ4v) is 2.54. The molecule has 0 fully saturated rings. The van der Waals surface area contributed by atoms with Gasteiger partial charge in [-0.05, 0) is 36.1 Å². The maximum absolute atomic E-state index is 10.9. The van der Waals surface area contributed by atoms with Crippen molar-refractivity contribution < 1.29 is 22.9 Å². The third kappa shape index (κ3) is 1.81. The molecule has 2 rings (SSSR count). The topological polar surface area (TPSA) is 91.7 Å². The lowest BCUT2D eigenvalue weighted by Gasteiger charge is -2.06. The molecular weight excluding hydrogens is 232 g/mol. The number of hydrogen-bond donors (Lipinski definition) is 2. The van der Waals surface area contributed by atoms with Gasteiger partial charge in [0.15, 0.2) is 0 Å². The summed E-state index contributed by atoms with van der Waals surface area (Å²) in [5, 5.41) is 8.92. The van der Waals surface area contributed by atoms with E-state index in [1.54, 1.807) is 0 Å². The molecule has 0 aliphatic heterocycles. The van der Waals surface area contributed by atoms with Crippen LogP contribution in [0.2, 0.25) is 0 Å². The molecule has 0 spiro atoms. The van der Waals surface area contributed by atoms with E-state index >= 15 is 0 Å². The molecule has 0 radical (unpaired) electrons. The Kier molecular flexibility index (Phi) is 2.47. The Hall–Kier alpha value is -1.40. The van der Waals surface area contributed by atoms with Crippen molar-refractivity contribution in [1.82, 2.24) is 0 Å². The van der Waals surface area contributed by atoms with Gasteiger partial charge in [-0.15, -0.1) is 0 Å². The number of carboxylic acids is 1. The molecule has 0 heterocycles. The van der Waals surface area contributed by atoms with Crippen LogP contribution in [0.4, 0.5) is 0 Å². The van der Waals surface area contributed by atoms with Gasteiger partial charge in [-0.2, -0.15) is 8.42 Å². The largest absolute Gasteiger partial charge is 0.481 e. The van der Waals surface area contributed by atoms with E-state index in [0.29, 0.717) is 24.0 Å². The smallest absolute Gasteiger partial charge is 0.310 e. The van der Waals surface area contributed by atoms with Crippen LogP contribution >= 0.6 is 0 Å². The van der Waals surface area contributed by atoms with Crippen LogP contribution in [0, 0.1) is 0 Å². The highest BCUT2D eigenvalue weighted by Crippen LogP contribution is 2.34. The third-order valence-corrected chi connectivity index (χ3v) is 3.64. The van der Waals surface area contributed by atoms with E-state index < -0.39 is 22.0 Å². The number of carbonyl (C=O) groups is 1.